The molecule has 2 aromatic rings. The van der Waals surface area contributed by atoms with Crippen molar-refractivity contribution in [2.24, 2.45) is 0 Å². The number of nitrogens with zero attached hydrogens (tertiary/aromatic N) is 1. The van der Waals surface area contributed by atoms with Gasteiger partial charge in [0.25, 0.3) is 0 Å². The highest BCUT2D eigenvalue weighted by Gasteiger charge is 2.10. The zero-order valence-corrected chi connectivity index (χ0v) is 12.1. The van der Waals surface area contributed by atoms with Gasteiger partial charge in [0.2, 0.25) is 0 Å². The van der Waals surface area contributed by atoms with E-state index in [1.807, 2.05) is 0 Å². The molecule has 0 spiro atoms. The molecule has 1 heterocycles. The lowest BCUT2D eigenvalue weighted by Gasteiger charge is -2.09. The van der Waals surface area contributed by atoms with E-state index in [4.69, 9.17) is 5.11 Å². The maximum Gasteiger partial charge on any atom is 0.335 e. The Bertz CT molecular complexity index is 837. The molecule has 2 rings (SSSR count). The van der Waals surface area contributed by atoms with E-state index in [-0.39, 0.29) is 17.6 Å². The molecule has 0 amide bonds. The summed E-state index contributed by atoms with van der Waals surface area (Å²) in [5.41, 5.74) is -0.739. The van der Waals surface area contributed by atoms with E-state index in [0.29, 0.717) is 17.7 Å². The first-order chi connectivity index (χ1) is 9.90. The Morgan fingerprint density at radius 3 is 2.71 bits per heavy atom. The number of carbonyl (C=O) groups is 1. The van der Waals surface area contributed by atoms with Crippen LogP contribution in [0.3, 0.4) is 0 Å². The summed E-state index contributed by atoms with van der Waals surface area (Å²) in [6, 6.07) is 4.17. The molecule has 0 radical (unpaired) electrons. The normalized spacial score (nSPS) is 12.4. The number of aromatic carboxylic acids is 1. The standard InChI is InChI=1S/C13H14N2O5S/c1-21(20)6-2-5-15-10-4-3-8(13(18)19)7-9(10)14-11(16)12(15)17/h3-4,7H,2,5-6H2,1H3,(H,14,16)(H,18,19). The van der Waals surface area contributed by atoms with Crippen molar-refractivity contribution in [3.63, 3.8) is 0 Å². The molecule has 0 aliphatic carbocycles. The minimum atomic E-state index is -1.11. The molecular formula is C13H14N2O5S. The average Bonchev–Trinajstić information content (AvgIpc) is 2.42. The van der Waals surface area contributed by atoms with E-state index in [1.165, 1.54) is 22.8 Å². The number of benzene rings is 1. The maximum atomic E-state index is 11.9. The second kappa shape index (κ2) is 6.04. The number of H-pyrrole nitrogens is 1. The summed E-state index contributed by atoms with van der Waals surface area (Å²) in [6.45, 7) is 0.255. The van der Waals surface area contributed by atoms with Crippen LogP contribution in [0.2, 0.25) is 0 Å². The Balaban J connectivity index is 2.54. The smallest absolute Gasteiger partial charge is 0.335 e. The highest BCUT2D eigenvalue weighted by molar-refractivity contribution is 7.84. The number of rotatable bonds is 5. The fraction of sp³-hybridized carbons (Fsp3) is 0.308. The summed E-state index contributed by atoms with van der Waals surface area (Å²) < 4.78 is 12.3. The Morgan fingerprint density at radius 1 is 1.38 bits per heavy atom. The molecule has 0 aliphatic heterocycles. The molecule has 1 unspecified atom stereocenters. The molecule has 1 atom stereocenters. The largest absolute Gasteiger partial charge is 0.478 e. The van der Waals surface area contributed by atoms with Gasteiger partial charge in [-0.3, -0.25) is 13.8 Å². The van der Waals surface area contributed by atoms with E-state index in [2.05, 4.69) is 4.98 Å². The van der Waals surface area contributed by atoms with E-state index in [0.717, 1.165) is 0 Å². The number of hydrogen-bond donors (Lipinski definition) is 2. The van der Waals surface area contributed by atoms with Crippen molar-refractivity contribution in [1.82, 2.24) is 9.55 Å². The number of nitrogens with one attached hydrogen (secondary N) is 1. The third kappa shape index (κ3) is 3.27. The molecule has 0 bridgehead atoms. The predicted molar refractivity (Wildman–Crippen MR) is 79.3 cm³/mol. The van der Waals surface area contributed by atoms with Crippen LogP contribution in [0.1, 0.15) is 16.8 Å². The molecular weight excluding hydrogens is 296 g/mol. The minimum Gasteiger partial charge on any atom is -0.478 e. The number of carboxylic acid groups (broad SMARTS) is 1. The van der Waals surface area contributed by atoms with Crippen molar-refractivity contribution >= 4 is 27.8 Å². The first-order valence-electron chi connectivity index (χ1n) is 6.20. The lowest BCUT2D eigenvalue weighted by atomic mass is 10.2. The van der Waals surface area contributed by atoms with Crippen LogP contribution in [0.25, 0.3) is 11.0 Å². The molecule has 0 saturated carbocycles. The highest BCUT2D eigenvalue weighted by atomic mass is 32.2. The van der Waals surface area contributed by atoms with Gasteiger partial charge in [0.05, 0.1) is 16.6 Å². The third-order valence-electron chi connectivity index (χ3n) is 3.04. The zero-order valence-electron chi connectivity index (χ0n) is 11.3. The number of hydrogen-bond acceptors (Lipinski definition) is 4. The minimum absolute atomic E-state index is 0.0259. The van der Waals surface area contributed by atoms with Crippen molar-refractivity contribution in [3.8, 4) is 0 Å². The quantitative estimate of drug-likeness (QED) is 0.764. The number of aryl methyl sites for hydroxylation is 1. The van der Waals surface area contributed by atoms with Crippen LogP contribution in [0.15, 0.2) is 27.8 Å². The second-order valence-electron chi connectivity index (χ2n) is 4.58. The summed E-state index contributed by atoms with van der Waals surface area (Å²) in [4.78, 5) is 36.9. The van der Waals surface area contributed by atoms with Gasteiger partial charge in [-0.1, -0.05) is 0 Å². The fourth-order valence-electron chi connectivity index (χ4n) is 2.06. The van der Waals surface area contributed by atoms with Crippen LogP contribution in [0, 0.1) is 0 Å². The molecule has 8 heteroatoms. The van der Waals surface area contributed by atoms with Crippen molar-refractivity contribution in [1.29, 1.82) is 0 Å². The van der Waals surface area contributed by atoms with Gasteiger partial charge in [0, 0.05) is 29.4 Å². The average molecular weight is 310 g/mol. The van der Waals surface area contributed by atoms with Gasteiger partial charge < -0.3 is 14.7 Å². The summed E-state index contributed by atoms with van der Waals surface area (Å²) in [5.74, 6) is -0.689. The molecule has 0 saturated heterocycles. The molecule has 0 fully saturated rings. The van der Waals surface area contributed by atoms with Crippen molar-refractivity contribution in [2.75, 3.05) is 12.0 Å². The Kier molecular flexibility index (Phi) is 4.37. The first-order valence-corrected chi connectivity index (χ1v) is 7.93. The lowest BCUT2D eigenvalue weighted by molar-refractivity contribution is 0.0697. The molecule has 1 aromatic carbocycles. The topological polar surface area (TPSA) is 109 Å². The molecule has 21 heavy (non-hydrogen) atoms. The molecule has 112 valence electrons. The molecule has 7 nitrogen and oxygen atoms in total. The summed E-state index contributed by atoms with van der Waals surface area (Å²) in [7, 11) is -0.974. The Morgan fingerprint density at radius 2 is 2.10 bits per heavy atom. The van der Waals surface area contributed by atoms with Gasteiger partial charge in [0.1, 0.15) is 0 Å². The van der Waals surface area contributed by atoms with Crippen LogP contribution in [0.4, 0.5) is 0 Å². The number of carboxylic acids is 1. The van der Waals surface area contributed by atoms with Crippen LogP contribution < -0.4 is 11.1 Å². The van der Waals surface area contributed by atoms with E-state index in [1.54, 1.807) is 6.26 Å². The van der Waals surface area contributed by atoms with Gasteiger partial charge in [0.15, 0.2) is 0 Å². The van der Waals surface area contributed by atoms with Crippen LogP contribution in [-0.2, 0) is 17.3 Å². The zero-order chi connectivity index (χ0) is 15.6. The lowest BCUT2D eigenvalue weighted by Crippen LogP contribution is -2.36. The fourth-order valence-corrected chi connectivity index (χ4v) is 2.60. The molecule has 2 N–H and O–H groups in total. The van der Waals surface area contributed by atoms with Gasteiger partial charge in [-0.2, -0.15) is 0 Å². The SMILES string of the molecule is CS(=O)CCCn1c(=O)c(=O)[nH]c2cc(C(=O)O)ccc21. The second-order valence-corrected chi connectivity index (χ2v) is 6.13. The van der Waals surface area contributed by atoms with Crippen molar-refractivity contribution in [3.05, 3.63) is 44.5 Å². The van der Waals surface area contributed by atoms with Gasteiger partial charge in [-0.25, -0.2) is 4.79 Å². The van der Waals surface area contributed by atoms with Crippen molar-refractivity contribution in [2.45, 2.75) is 13.0 Å². The van der Waals surface area contributed by atoms with Gasteiger partial charge in [-0.15, -0.1) is 0 Å². The number of aromatic nitrogens is 2. The van der Waals surface area contributed by atoms with Crippen LogP contribution in [-0.4, -0.2) is 36.8 Å². The number of aromatic amines is 1. The van der Waals surface area contributed by atoms with Crippen molar-refractivity contribution < 1.29 is 14.1 Å². The third-order valence-corrected chi connectivity index (χ3v) is 3.90. The molecule has 1 aromatic heterocycles. The number of fused-ring (bicyclic) bond motifs is 1. The summed E-state index contributed by atoms with van der Waals surface area (Å²) in [6.07, 6.45) is 2.06. The van der Waals surface area contributed by atoms with E-state index < -0.39 is 27.9 Å². The van der Waals surface area contributed by atoms with Crippen LogP contribution >= 0.6 is 0 Å². The highest BCUT2D eigenvalue weighted by Crippen LogP contribution is 2.12. The maximum absolute atomic E-state index is 11.9. The molecule has 0 aliphatic rings. The predicted octanol–water partition coefficient (Wildman–Crippen LogP) is 0.157. The first kappa shape index (κ1) is 15.2. The Hall–Kier alpha value is -2.22. The summed E-state index contributed by atoms with van der Waals surface area (Å²) in [5, 5.41) is 8.95. The van der Waals surface area contributed by atoms with E-state index >= 15 is 0 Å². The van der Waals surface area contributed by atoms with E-state index in [9.17, 15) is 18.6 Å². The Labute approximate surface area is 121 Å². The van der Waals surface area contributed by atoms with Crippen LogP contribution in [0.5, 0.6) is 0 Å². The summed E-state index contributed by atoms with van der Waals surface area (Å²) >= 11 is 0. The van der Waals surface area contributed by atoms with Gasteiger partial charge in [-0.05, 0) is 24.6 Å². The van der Waals surface area contributed by atoms with Gasteiger partial charge >= 0.3 is 17.1 Å². The monoisotopic (exact) mass is 310 g/mol.